The summed E-state index contributed by atoms with van der Waals surface area (Å²) in [6, 6.07) is 0. The highest BCUT2D eigenvalue weighted by Gasteiger charge is 2.03. The average molecular weight is 187 g/mol. The van der Waals surface area contributed by atoms with Gasteiger partial charge in [0, 0.05) is 0 Å². The molecule has 0 aliphatic heterocycles. The van der Waals surface area contributed by atoms with Gasteiger partial charge in [-0.3, -0.25) is 0 Å². The molecule has 0 N–H and O–H groups in total. The Balaban J connectivity index is 2.03. The van der Waals surface area contributed by atoms with Crippen molar-refractivity contribution in [2.75, 3.05) is 0 Å². The molecule has 0 saturated heterocycles. The quantitative estimate of drug-likeness (QED) is 0.481. The molecule has 2 aliphatic carbocycles. The Bertz CT molecular complexity index is 315. The standard InChI is InChI=1S/C13H16O/c14-13(12-8-4-5-9-12)10-11-6-2-1-3-7-11/h4-6,8-9,14H,1-3,7,10H2/p-1. The fourth-order valence-electron chi connectivity index (χ4n) is 1.93. The van der Waals surface area contributed by atoms with Gasteiger partial charge in [0.2, 0.25) is 0 Å². The molecular formula is C13H15O-. The lowest BCUT2D eigenvalue weighted by atomic mass is 9.95. The van der Waals surface area contributed by atoms with Crippen molar-refractivity contribution in [2.45, 2.75) is 32.1 Å². The number of rotatable bonds is 2. The fraction of sp³-hybridized carbons (Fsp3) is 0.385. The average Bonchev–Trinajstić information content (AvgIpc) is 2.72. The molecule has 0 saturated carbocycles. The monoisotopic (exact) mass is 187 g/mol. The third kappa shape index (κ3) is 2.16. The van der Waals surface area contributed by atoms with Gasteiger partial charge >= 0.3 is 0 Å². The van der Waals surface area contributed by atoms with Gasteiger partial charge in [0.25, 0.3) is 0 Å². The third-order valence-corrected chi connectivity index (χ3v) is 2.76. The third-order valence-electron chi connectivity index (χ3n) is 2.76. The molecule has 0 aromatic rings. The highest BCUT2D eigenvalue weighted by Crippen LogP contribution is 2.23. The molecule has 0 spiro atoms. The summed E-state index contributed by atoms with van der Waals surface area (Å²) >= 11 is 0. The second-order valence-corrected chi connectivity index (χ2v) is 3.88. The molecule has 1 nitrogen and oxygen atoms in total. The predicted octanol–water partition coefficient (Wildman–Crippen LogP) is 2.62. The minimum Gasteiger partial charge on any atom is -0.875 e. The zero-order valence-electron chi connectivity index (χ0n) is 8.33. The van der Waals surface area contributed by atoms with Crippen molar-refractivity contribution in [3.8, 4) is 0 Å². The van der Waals surface area contributed by atoms with Crippen LogP contribution in [0.3, 0.4) is 0 Å². The highest BCUT2D eigenvalue weighted by atomic mass is 16.3. The van der Waals surface area contributed by atoms with Gasteiger partial charge in [-0.15, -0.1) is 5.76 Å². The Morgan fingerprint density at radius 3 is 2.64 bits per heavy atom. The van der Waals surface area contributed by atoms with Gasteiger partial charge in [-0.05, 0) is 37.7 Å². The molecule has 0 radical (unpaired) electrons. The SMILES string of the molecule is [O-]C(CC1=CCCCC1)=C1C=CC=C1. The van der Waals surface area contributed by atoms with Crippen LogP contribution >= 0.6 is 0 Å². The predicted molar refractivity (Wildman–Crippen MR) is 56.5 cm³/mol. The van der Waals surface area contributed by atoms with Crippen LogP contribution in [-0.2, 0) is 0 Å². The fourth-order valence-corrected chi connectivity index (χ4v) is 1.93. The Morgan fingerprint density at radius 2 is 2.00 bits per heavy atom. The van der Waals surface area contributed by atoms with E-state index in [9.17, 15) is 5.11 Å². The summed E-state index contributed by atoms with van der Waals surface area (Å²) in [6.07, 6.45) is 15.3. The van der Waals surface area contributed by atoms with E-state index in [4.69, 9.17) is 0 Å². The molecular weight excluding hydrogens is 172 g/mol. The van der Waals surface area contributed by atoms with Gasteiger partial charge in [0.05, 0.1) is 0 Å². The molecule has 0 aromatic heterocycles. The van der Waals surface area contributed by atoms with Gasteiger partial charge < -0.3 is 5.11 Å². The summed E-state index contributed by atoms with van der Waals surface area (Å²) in [5.74, 6) is 0.267. The van der Waals surface area contributed by atoms with Crippen LogP contribution < -0.4 is 5.11 Å². The van der Waals surface area contributed by atoms with Crippen molar-refractivity contribution in [3.63, 3.8) is 0 Å². The minimum atomic E-state index is 0.267. The van der Waals surface area contributed by atoms with E-state index < -0.39 is 0 Å². The Morgan fingerprint density at radius 1 is 1.21 bits per heavy atom. The van der Waals surface area contributed by atoms with Crippen molar-refractivity contribution in [3.05, 3.63) is 47.3 Å². The van der Waals surface area contributed by atoms with E-state index in [2.05, 4.69) is 6.08 Å². The summed E-state index contributed by atoms with van der Waals surface area (Å²) in [5.41, 5.74) is 2.19. The molecule has 0 aromatic carbocycles. The Kier molecular flexibility index (Phi) is 2.87. The van der Waals surface area contributed by atoms with Gasteiger partial charge in [-0.25, -0.2) is 0 Å². The first kappa shape index (κ1) is 9.32. The molecule has 74 valence electrons. The molecule has 2 aliphatic rings. The zero-order chi connectivity index (χ0) is 9.80. The normalized spacial score (nSPS) is 20.0. The van der Waals surface area contributed by atoms with E-state index in [1.165, 1.54) is 18.4 Å². The summed E-state index contributed by atoms with van der Waals surface area (Å²) < 4.78 is 0. The van der Waals surface area contributed by atoms with Crippen LogP contribution in [0.1, 0.15) is 32.1 Å². The van der Waals surface area contributed by atoms with E-state index in [0.717, 1.165) is 18.4 Å². The summed E-state index contributed by atoms with van der Waals surface area (Å²) in [7, 11) is 0. The molecule has 14 heavy (non-hydrogen) atoms. The van der Waals surface area contributed by atoms with Crippen LogP contribution in [0.5, 0.6) is 0 Å². The summed E-state index contributed by atoms with van der Waals surface area (Å²) in [4.78, 5) is 0. The van der Waals surface area contributed by atoms with Crippen LogP contribution in [0.4, 0.5) is 0 Å². The van der Waals surface area contributed by atoms with Crippen molar-refractivity contribution in [1.82, 2.24) is 0 Å². The van der Waals surface area contributed by atoms with Gasteiger partial charge in [0.15, 0.2) is 0 Å². The first-order chi connectivity index (χ1) is 6.86. The minimum absolute atomic E-state index is 0.267. The number of hydrogen-bond acceptors (Lipinski definition) is 1. The second kappa shape index (κ2) is 4.32. The molecule has 0 fully saturated rings. The first-order valence-electron chi connectivity index (χ1n) is 5.29. The van der Waals surface area contributed by atoms with Crippen LogP contribution in [0, 0.1) is 0 Å². The molecule has 0 amide bonds. The molecule has 0 heterocycles. The molecule has 0 unspecified atom stereocenters. The zero-order valence-corrected chi connectivity index (χ0v) is 8.33. The lowest BCUT2D eigenvalue weighted by molar-refractivity contribution is -0.306. The molecule has 2 rings (SSSR count). The first-order valence-corrected chi connectivity index (χ1v) is 5.29. The van der Waals surface area contributed by atoms with E-state index in [1.807, 2.05) is 24.3 Å². The maximum Gasteiger partial charge on any atom is -0.0205 e. The van der Waals surface area contributed by atoms with Gasteiger partial charge in [-0.2, -0.15) is 0 Å². The van der Waals surface area contributed by atoms with Gasteiger partial charge in [-0.1, -0.05) is 36.0 Å². The maximum atomic E-state index is 11.7. The van der Waals surface area contributed by atoms with Crippen molar-refractivity contribution in [2.24, 2.45) is 0 Å². The molecule has 0 bridgehead atoms. The summed E-state index contributed by atoms with van der Waals surface area (Å²) in [5, 5.41) is 11.7. The van der Waals surface area contributed by atoms with Crippen LogP contribution in [0.2, 0.25) is 0 Å². The van der Waals surface area contributed by atoms with Crippen LogP contribution in [0.25, 0.3) is 0 Å². The van der Waals surface area contributed by atoms with Gasteiger partial charge in [0.1, 0.15) is 0 Å². The van der Waals surface area contributed by atoms with E-state index in [0.29, 0.717) is 6.42 Å². The smallest absolute Gasteiger partial charge is 0.0205 e. The summed E-state index contributed by atoms with van der Waals surface area (Å²) in [6.45, 7) is 0. The van der Waals surface area contributed by atoms with E-state index in [1.54, 1.807) is 0 Å². The van der Waals surface area contributed by atoms with Crippen LogP contribution in [-0.4, -0.2) is 0 Å². The lowest BCUT2D eigenvalue weighted by Gasteiger charge is -2.19. The topological polar surface area (TPSA) is 23.1 Å². The Hall–Kier alpha value is -1.24. The Labute approximate surface area is 85.1 Å². The lowest BCUT2D eigenvalue weighted by Crippen LogP contribution is -2.08. The molecule has 0 atom stereocenters. The largest absolute Gasteiger partial charge is 0.875 e. The van der Waals surface area contributed by atoms with E-state index >= 15 is 0 Å². The maximum absolute atomic E-state index is 11.7. The van der Waals surface area contributed by atoms with Crippen molar-refractivity contribution < 1.29 is 5.11 Å². The van der Waals surface area contributed by atoms with Crippen molar-refractivity contribution >= 4 is 0 Å². The number of hydrogen-bond donors (Lipinski definition) is 0. The molecule has 1 heteroatoms. The van der Waals surface area contributed by atoms with E-state index in [-0.39, 0.29) is 5.76 Å². The highest BCUT2D eigenvalue weighted by molar-refractivity contribution is 5.42. The van der Waals surface area contributed by atoms with Crippen molar-refractivity contribution in [1.29, 1.82) is 0 Å². The number of allylic oxidation sites excluding steroid dienone is 7. The second-order valence-electron chi connectivity index (χ2n) is 3.88. The van der Waals surface area contributed by atoms with Crippen LogP contribution in [0.15, 0.2) is 47.3 Å².